The molecule has 0 fully saturated rings. The van der Waals surface area contributed by atoms with E-state index in [1.807, 2.05) is 12.1 Å². The third kappa shape index (κ3) is 2.19. The lowest BCUT2D eigenvalue weighted by atomic mass is 10.3. The minimum Gasteiger partial charge on any atom is -0.309 e. The Morgan fingerprint density at radius 2 is 2.47 bits per heavy atom. The lowest BCUT2D eigenvalue weighted by molar-refractivity contribution is 0.835. The molecule has 5 heteroatoms. The number of pyridine rings is 1. The van der Waals surface area contributed by atoms with Crippen LogP contribution in [0.15, 0.2) is 40.6 Å². The first-order valence-corrected chi connectivity index (χ1v) is 4.48. The summed E-state index contributed by atoms with van der Waals surface area (Å²) < 4.78 is 1.25. The van der Waals surface area contributed by atoms with Crippen LogP contribution in [-0.4, -0.2) is 20.9 Å². The van der Waals surface area contributed by atoms with Crippen molar-refractivity contribution in [3.8, 4) is 0 Å². The normalized spacial score (nSPS) is 11.0. The highest BCUT2D eigenvalue weighted by Crippen LogP contribution is 1.92. The first kappa shape index (κ1) is 9.39. The van der Waals surface area contributed by atoms with Gasteiger partial charge in [-0.25, -0.2) is 4.79 Å². The monoisotopic (exact) mass is 202 g/mol. The van der Waals surface area contributed by atoms with Gasteiger partial charge >= 0.3 is 5.69 Å². The maximum Gasteiger partial charge on any atom is 0.346 e. The van der Waals surface area contributed by atoms with E-state index in [-0.39, 0.29) is 5.69 Å². The summed E-state index contributed by atoms with van der Waals surface area (Å²) in [6.45, 7) is 1.80. The summed E-state index contributed by atoms with van der Waals surface area (Å²) in [5, 5.41) is 4.00. The zero-order chi connectivity index (χ0) is 10.7. The molecule has 2 aromatic rings. The zero-order valence-electron chi connectivity index (χ0n) is 8.21. The first-order chi connectivity index (χ1) is 7.25. The molecule has 2 rings (SSSR count). The van der Waals surface area contributed by atoms with Gasteiger partial charge in [-0.3, -0.25) is 4.98 Å². The minimum absolute atomic E-state index is 0.243. The fraction of sp³-hybridized carbons (Fsp3) is 0.100. The second-order valence-electron chi connectivity index (χ2n) is 3.12. The van der Waals surface area contributed by atoms with Crippen LogP contribution >= 0.6 is 0 Å². The highest BCUT2D eigenvalue weighted by Gasteiger charge is 1.95. The molecule has 0 aliphatic carbocycles. The van der Waals surface area contributed by atoms with Crippen LogP contribution in [0.25, 0.3) is 0 Å². The average molecular weight is 202 g/mol. The van der Waals surface area contributed by atoms with Crippen molar-refractivity contribution in [1.82, 2.24) is 14.6 Å². The van der Waals surface area contributed by atoms with Gasteiger partial charge in [0.15, 0.2) is 0 Å². The van der Waals surface area contributed by atoms with Crippen molar-refractivity contribution >= 4 is 6.21 Å². The topological polar surface area (TPSA) is 63.0 Å². The summed E-state index contributed by atoms with van der Waals surface area (Å²) in [6, 6.07) is 3.67. The number of nitrogens with one attached hydrogen (secondary N) is 1. The molecule has 0 unspecified atom stereocenters. The van der Waals surface area contributed by atoms with Crippen LogP contribution in [0, 0.1) is 6.92 Å². The number of imidazole rings is 1. The number of aromatic nitrogens is 3. The van der Waals surface area contributed by atoms with E-state index in [0.717, 1.165) is 11.3 Å². The molecule has 0 aromatic carbocycles. The summed E-state index contributed by atoms with van der Waals surface area (Å²) in [7, 11) is 0. The molecule has 0 aliphatic heterocycles. The van der Waals surface area contributed by atoms with Crippen LogP contribution in [-0.2, 0) is 0 Å². The van der Waals surface area contributed by atoms with Gasteiger partial charge < -0.3 is 4.98 Å². The Labute approximate surface area is 86.1 Å². The predicted octanol–water partition coefficient (Wildman–Crippen LogP) is 0.762. The van der Waals surface area contributed by atoms with Crippen LogP contribution in [0.5, 0.6) is 0 Å². The Kier molecular flexibility index (Phi) is 2.45. The SMILES string of the molecule is Cc1cn(N=Cc2cccnc2)c(=O)[nH]1. The first-order valence-electron chi connectivity index (χ1n) is 4.48. The van der Waals surface area contributed by atoms with Crippen molar-refractivity contribution in [2.45, 2.75) is 6.92 Å². The Hall–Kier alpha value is -2.17. The van der Waals surface area contributed by atoms with Crippen LogP contribution in [0.2, 0.25) is 0 Å². The lowest BCUT2D eigenvalue weighted by Crippen LogP contribution is -2.11. The number of aromatic amines is 1. The van der Waals surface area contributed by atoms with E-state index in [1.165, 1.54) is 4.68 Å². The van der Waals surface area contributed by atoms with E-state index in [1.54, 1.807) is 31.7 Å². The number of hydrogen-bond acceptors (Lipinski definition) is 3. The van der Waals surface area contributed by atoms with E-state index in [4.69, 9.17) is 0 Å². The van der Waals surface area contributed by atoms with Crippen LogP contribution in [0.4, 0.5) is 0 Å². The van der Waals surface area contributed by atoms with Gasteiger partial charge in [-0.15, -0.1) is 0 Å². The van der Waals surface area contributed by atoms with Gasteiger partial charge in [0.25, 0.3) is 0 Å². The van der Waals surface area contributed by atoms with Gasteiger partial charge in [0.05, 0.1) is 12.4 Å². The Bertz CT molecular complexity index is 524. The fourth-order valence-electron chi connectivity index (χ4n) is 1.17. The van der Waals surface area contributed by atoms with Crippen molar-refractivity contribution in [2.24, 2.45) is 5.10 Å². The molecule has 0 atom stereocenters. The summed E-state index contributed by atoms with van der Waals surface area (Å²) in [5.41, 5.74) is 1.39. The summed E-state index contributed by atoms with van der Waals surface area (Å²) >= 11 is 0. The van der Waals surface area contributed by atoms with E-state index >= 15 is 0 Å². The summed E-state index contributed by atoms with van der Waals surface area (Å²) in [4.78, 5) is 17.8. The molecular weight excluding hydrogens is 192 g/mol. The maximum absolute atomic E-state index is 11.2. The number of H-pyrrole nitrogens is 1. The van der Waals surface area contributed by atoms with E-state index < -0.39 is 0 Å². The Morgan fingerprint density at radius 1 is 1.60 bits per heavy atom. The van der Waals surface area contributed by atoms with Gasteiger partial charge in [-0.05, 0) is 13.0 Å². The molecule has 0 bridgehead atoms. The largest absolute Gasteiger partial charge is 0.346 e. The van der Waals surface area contributed by atoms with Crippen molar-refractivity contribution in [3.05, 3.63) is 52.5 Å². The molecule has 15 heavy (non-hydrogen) atoms. The molecule has 2 aromatic heterocycles. The molecule has 0 amide bonds. The summed E-state index contributed by atoms with van der Waals surface area (Å²) in [6.07, 6.45) is 6.58. The smallest absolute Gasteiger partial charge is 0.309 e. The highest BCUT2D eigenvalue weighted by molar-refractivity contribution is 5.78. The second kappa shape index (κ2) is 3.91. The number of rotatable bonds is 2. The van der Waals surface area contributed by atoms with E-state index in [9.17, 15) is 4.79 Å². The van der Waals surface area contributed by atoms with Crippen LogP contribution in [0.3, 0.4) is 0 Å². The summed E-state index contributed by atoms with van der Waals surface area (Å²) in [5.74, 6) is 0. The molecule has 5 nitrogen and oxygen atoms in total. The van der Waals surface area contributed by atoms with Crippen LogP contribution < -0.4 is 5.69 Å². The second-order valence-corrected chi connectivity index (χ2v) is 3.12. The minimum atomic E-state index is -0.243. The van der Waals surface area contributed by atoms with Crippen molar-refractivity contribution < 1.29 is 0 Å². The molecule has 0 aliphatic rings. The lowest BCUT2D eigenvalue weighted by Gasteiger charge is -1.90. The van der Waals surface area contributed by atoms with Gasteiger partial charge in [0.2, 0.25) is 0 Å². The van der Waals surface area contributed by atoms with Crippen molar-refractivity contribution in [3.63, 3.8) is 0 Å². The Balaban J connectivity index is 2.26. The highest BCUT2D eigenvalue weighted by atomic mass is 16.1. The Morgan fingerprint density at radius 3 is 3.07 bits per heavy atom. The molecule has 0 spiro atoms. The van der Waals surface area contributed by atoms with Crippen LogP contribution in [0.1, 0.15) is 11.3 Å². The van der Waals surface area contributed by atoms with E-state index in [2.05, 4.69) is 15.1 Å². The van der Waals surface area contributed by atoms with Gasteiger partial charge in [-0.2, -0.15) is 9.78 Å². The molecule has 0 saturated heterocycles. The number of nitrogens with zero attached hydrogens (tertiary/aromatic N) is 3. The standard InChI is InChI=1S/C10H10N4O/c1-8-7-14(10(15)13-8)12-6-9-3-2-4-11-5-9/h2-7H,1H3,(H,13,15). The third-order valence-electron chi connectivity index (χ3n) is 1.84. The molecule has 1 N–H and O–H groups in total. The third-order valence-corrected chi connectivity index (χ3v) is 1.84. The van der Waals surface area contributed by atoms with E-state index in [0.29, 0.717) is 0 Å². The molecule has 2 heterocycles. The quantitative estimate of drug-likeness (QED) is 0.731. The zero-order valence-corrected chi connectivity index (χ0v) is 8.21. The average Bonchev–Trinajstić information content (AvgIpc) is 2.56. The molecule has 76 valence electrons. The fourth-order valence-corrected chi connectivity index (χ4v) is 1.17. The number of hydrogen-bond donors (Lipinski definition) is 1. The molecule has 0 saturated carbocycles. The maximum atomic E-state index is 11.2. The molecule has 0 radical (unpaired) electrons. The molecular formula is C10H10N4O. The van der Waals surface area contributed by atoms with Crippen molar-refractivity contribution in [2.75, 3.05) is 0 Å². The van der Waals surface area contributed by atoms with Crippen molar-refractivity contribution in [1.29, 1.82) is 0 Å². The van der Waals surface area contributed by atoms with Gasteiger partial charge in [-0.1, -0.05) is 6.07 Å². The number of aryl methyl sites for hydroxylation is 1. The van der Waals surface area contributed by atoms with Gasteiger partial charge in [0.1, 0.15) is 0 Å². The predicted molar refractivity (Wildman–Crippen MR) is 57.0 cm³/mol. The van der Waals surface area contributed by atoms with Gasteiger partial charge in [0, 0.05) is 23.7 Å².